The van der Waals surface area contributed by atoms with Gasteiger partial charge in [0, 0.05) is 6.42 Å². The summed E-state index contributed by atoms with van der Waals surface area (Å²) in [6, 6.07) is 10.1. The summed E-state index contributed by atoms with van der Waals surface area (Å²) in [6.45, 7) is 1.88. The highest BCUT2D eigenvalue weighted by Gasteiger charge is 2.35. The molecule has 1 fully saturated rings. The molecule has 1 aliphatic carbocycles. The number of carbonyl (C=O) groups is 1. The van der Waals surface area contributed by atoms with E-state index in [0.717, 1.165) is 42.8 Å². The number of nitrogens with zero attached hydrogens (tertiary/aromatic N) is 1. The van der Waals surface area contributed by atoms with Crippen molar-refractivity contribution in [2.24, 2.45) is 0 Å². The number of thiazole rings is 1. The molecule has 1 heterocycles. The van der Waals surface area contributed by atoms with Crippen molar-refractivity contribution in [3.05, 3.63) is 51.5 Å². The van der Waals surface area contributed by atoms with Crippen LogP contribution in [0.15, 0.2) is 30.3 Å². The topological polar surface area (TPSA) is 62.2 Å². The van der Waals surface area contributed by atoms with E-state index in [1.54, 1.807) is 0 Å². The summed E-state index contributed by atoms with van der Waals surface area (Å²) < 4.78 is 0. The molecule has 2 N–H and O–H groups in total. The van der Waals surface area contributed by atoms with Crippen molar-refractivity contribution in [1.29, 1.82) is 0 Å². The predicted molar refractivity (Wildman–Crippen MR) is 91.9 cm³/mol. The number of aromatic nitrogens is 1. The molecule has 5 heteroatoms. The van der Waals surface area contributed by atoms with Crippen LogP contribution in [0, 0.1) is 6.92 Å². The van der Waals surface area contributed by atoms with E-state index < -0.39 is 5.54 Å². The number of nitrogens with one attached hydrogen (secondary N) is 1. The van der Waals surface area contributed by atoms with Gasteiger partial charge in [0.2, 0.25) is 0 Å². The molecular formula is C18H22N2O2S. The Balaban J connectivity index is 1.74. The van der Waals surface area contributed by atoms with Gasteiger partial charge in [0.15, 0.2) is 0 Å². The van der Waals surface area contributed by atoms with E-state index in [1.807, 2.05) is 25.1 Å². The largest absolute Gasteiger partial charge is 0.394 e. The van der Waals surface area contributed by atoms with Crippen molar-refractivity contribution < 1.29 is 9.90 Å². The molecule has 0 unspecified atom stereocenters. The first-order valence-electron chi connectivity index (χ1n) is 8.05. The molecule has 1 amide bonds. The summed E-state index contributed by atoms with van der Waals surface area (Å²) in [5.74, 6) is -0.102. The average Bonchev–Trinajstić information content (AvgIpc) is 3.16. The molecule has 4 nitrogen and oxygen atoms in total. The maximum absolute atomic E-state index is 12.6. The summed E-state index contributed by atoms with van der Waals surface area (Å²) in [5, 5.41) is 13.7. The van der Waals surface area contributed by atoms with Gasteiger partial charge in [-0.3, -0.25) is 4.79 Å². The molecule has 1 aromatic heterocycles. The van der Waals surface area contributed by atoms with E-state index in [1.165, 1.54) is 16.9 Å². The molecule has 3 rings (SSSR count). The minimum atomic E-state index is -0.437. The molecule has 1 saturated carbocycles. The third kappa shape index (κ3) is 3.62. The van der Waals surface area contributed by atoms with Crippen molar-refractivity contribution in [1.82, 2.24) is 10.3 Å². The first-order valence-corrected chi connectivity index (χ1v) is 8.87. The van der Waals surface area contributed by atoms with Crippen molar-refractivity contribution in [2.75, 3.05) is 6.61 Å². The Bertz CT molecular complexity index is 676. The number of amides is 1. The quantitative estimate of drug-likeness (QED) is 0.885. The Morgan fingerprint density at radius 3 is 2.65 bits per heavy atom. The minimum Gasteiger partial charge on any atom is -0.394 e. The highest BCUT2D eigenvalue weighted by atomic mass is 32.1. The van der Waals surface area contributed by atoms with Gasteiger partial charge >= 0.3 is 0 Å². The van der Waals surface area contributed by atoms with Gasteiger partial charge < -0.3 is 10.4 Å². The molecule has 122 valence electrons. The number of benzene rings is 1. The standard InChI is InChI=1S/C18H22N2O2S/c1-13-16(17(22)20-18(12-21)9-5-6-10-18)23-15(19-13)11-14-7-3-2-4-8-14/h2-4,7-8,21H,5-6,9-12H2,1H3,(H,20,22). The third-order valence-electron chi connectivity index (χ3n) is 4.49. The number of hydrogen-bond donors (Lipinski definition) is 2. The van der Waals surface area contributed by atoms with Crippen LogP contribution >= 0.6 is 11.3 Å². The molecule has 23 heavy (non-hydrogen) atoms. The second kappa shape index (κ2) is 6.81. The van der Waals surface area contributed by atoms with Crippen molar-refractivity contribution >= 4 is 17.2 Å². The summed E-state index contributed by atoms with van der Waals surface area (Å²) in [6.07, 6.45) is 4.56. The van der Waals surface area contributed by atoms with Crippen LogP contribution < -0.4 is 5.32 Å². The lowest BCUT2D eigenvalue weighted by atomic mass is 9.99. The van der Waals surface area contributed by atoms with E-state index in [-0.39, 0.29) is 12.5 Å². The van der Waals surface area contributed by atoms with Crippen LogP contribution in [0.3, 0.4) is 0 Å². The Kier molecular flexibility index (Phi) is 4.78. The second-order valence-electron chi connectivity index (χ2n) is 6.28. The lowest BCUT2D eigenvalue weighted by molar-refractivity contribution is 0.0842. The van der Waals surface area contributed by atoms with Crippen LogP contribution in [0.5, 0.6) is 0 Å². The van der Waals surface area contributed by atoms with Crippen LogP contribution in [0.4, 0.5) is 0 Å². The molecule has 1 aliphatic rings. The fourth-order valence-electron chi connectivity index (χ4n) is 3.18. The number of aliphatic hydroxyl groups excluding tert-OH is 1. The SMILES string of the molecule is Cc1nc(Cc2ccccc2)sc1C(=O)NC1(CO)CCCC1. The predicted octanol–water partition coefficient (Wildman–Crippen LogP) is 3.08. The molecule has 0 saturated heterocycles. The normalized spacial score (nSPS) is 16.4. The highest BCUT2D eigenvalue weighted by molar-refractivity contribution is 7.13. The van der Waals surface area contributed by atoms with Gasteiger partial charge in [-0.25, -0.2) is 4.98 Å². The summed E-state index contributed by atoms with van der Waals surface area (Å²) in [7, 11) is 0. The van der Waals surface area contributed by atoms with Gasteiger partial charge in [-0.1, -0.05) is 43.2 Å². The highest BCUT2D eigenvalue weighted by Crippen LogP contribution is 2.30. The zero-order valence-electron chi connectivity index (χ0n) is 13.3. The van der Waals surface area contributed by atoms with Crippen molar-refractivity contribution in [3.63, 3.8) is 0 Å². The molecule has 0 radical (unpaired) electrons. The Morgan fingerprint density at radius 1 is 1.30 bits per heavy atom. The van der Waals surface area contributed by atoms with E-state index >= 15 is 0 Å². The van der Waals surface area contributed by atoms with Gasteiger partial charge in [-0.2, -0.15) is 0 Å². The number of carbonyl (C=O) groups excluding carboxylic acids is 1. The first-order chi connectivity index (χ1) is 11.1. The van der Waals surface area contributed by atoms with E-state index in [2.05, 4.69) is 22.4 Å². The van der Waals surface area contributed by atoms with E-state index in [4.69, 9.17) is 0 Å². The van der Waals surface area contributed by atoms with Crippen molar-refractivity contribution in [3.8, 4) is 0 Å². The third-order valence-corrected chi connectivity index (χ3v) is 5.64. The summed E-state index contributed by atoms with van der Waals surface area (Å²) in [4.78, 5) is 17.8. The molecule has 2 aromatic rings. The number of hydrogen-bond acceptors (Lipinski definition) is 4. The van der Waals surface area contributed by atoms with Gasteiger partial charge in [0.1, 0.15) is 4.88 Å². The van der Waals surface area contributed by atoms with E-state index in [0.29, 0.717) is 4.88 Å². The number of aryl methyl sites for hydroxylation is 1. The maximum atomic E-state index is 12.6. The molecule has 0 spiro atoms. The molecule has 0 atom stereocenters. The van der Waals surface area contributed by atoms with Crippen molar-refractivity contribution in [2.45, 2.75) is 44.6 Å². The van der Waals surface area contributed by atoms with Crippen LogP contribution in [-0.4, -0.2) is 28.1 Å². The smallest absolute Gasteiger partial charge is 0.263 e. The summed E-state index contributed by atoms with van der Waals surface area (Å²) in [5.41, 5.74) is 1.52. The lowest BCUT2D eigenvalue weighted by Gasteiger charge is -2.27. The fraction of sp³-hybridized carbons (Fsp3) is 0.444. The van der Waals surface area contributed by atoms with E-state index in [9.17, 15) is 9.90 Å². The van der Waals surface area contributed by atoms with Crippen LogP contribution in [0.2, 0.25) is 0 Å². The molecule has 0 bridgehead atoms. The number of rotatable bonds is 5. The second-order valence-corrected chi connectivity index (χ2v) is 7.37. The fourth-order valence-corrected chi connectivity index (χ4v) is 4.18. The zero-order chi connectivity index (χ0) is 16.3. The lowest BCUT2D eigenvalue weighted by Crippen LogP contribution is -2.49. The maximum Gasteiger partial charge on any atom is 0.263 e. The van der Waals surface area contributed by atoms with Gasteiger partial charge in [-0.05, 0) is 25.3 Å². The Hall–Kier alpha value is -1.72. The van der Waals surface area contributed by atoms with Crippen LogP contribution in [-0.2, 0) is 6.42 Å². The molecule has 0 aliphatic heterocycles. The zero-order valence-corrected chi connectivity index (χ0v) is 14.2. The Labute approximate surface area is 140 Å². The van der Waals surface area contributed by atoms with Gasteiger partial charge in [-0.15, -0.1) is 11.3 Å². The van der Waals surface area contributed by atoms with Gasteiger partial charge in [0.25, 0.3) is 5.91 Å². The van der Waals surface area contributed by atoms with Gasteiger partial charge in [0.05, 0.1) is 22.8 Å². The summed E-state index contributed by atoms with van der Waals surface area (Å²) >= 11 is 1.45. The molecule has 1 aromatic carbocycles. The van der Waals surface area contributed by atoms with Crippen LogP contribution in [0.25, 0.3) is 0 Å². The van der Waals surface area contributed by atoms with Crippen LogP contribution in [0.1, 0.15) is 51.6 Å². The average molecular weight is 330 g/mol. The Morgan fingerprint density at radius 2 is 2.00 bits per heavy atom. The number of aliphatic hydroxyl groups is 1. The first kappa shape index (κ1) is 16.1. The monoisotopic (exact) mass is 330 g/mol. The minimum absolute atomic E-state index is 0.00740. The molecular weight excluding hydrogens is 308 g/mol.